The van der Waals surface area contributed by atoms with Crippen molar-refractivity contribution in [2.75, 3.05) is 18.0 Å². The Morgan fingerprint density at radius 3 is 2.70 bits per heavy atom. The van der Waals surface area contributed by atoms with Crippen LogP contribution in [0.2, 0.25) is 0 Å². The zero-order valence-electron chi connectivity index (χ0n) is 12.9. The van der Waals surface area contributed by atoms with E-state index in [1.54, 1.807) is 12.4 Å². The summed E-state index contributed by atoms with van der Waals surface area (Å²) in [5.74, 6) is 1.39. The molecule has 0 saturated carbocycles. The lowest BCUT2D eigenvalue weighted by atomic mass is 9.93. The van der Waals surface area contributed by atoms with Crippen LogP contribution in [0.4, 0.5) is 5.13 Å². The highest BCUT2D eigenvalue weighted by Gasteiger charge is 2.24. The molecule has 1 aliphatic rings. The summed E-state index contributed by atoms with van der Waals surface area (Å²) >= 11 is 1.49. The summed E-state index contributed by atoms with van der Waals surface area (Å²) in [7, 11) is 0. The summed E-state index contributed by atoms with van der Waals surface area (Å²) in [4.78, 5) is 10.9. The lowest BCUT2D eigenvalue weighted by molar-refractivity contribution is 0.495. The number of hydrogen-bond acceptors (Lipinski definition) is 6. The molecule has 4 heterocycles. The van der Waals surface area contributed by atoms with Crippen molar-refractivity contribution in [3.05, 3.63) is 42.1 Å². The number of aromatic nitrogens is 5. The second-order valence-electron chi connectivity index (χ2n) is 5.83. The molecule has 0 radical (unpaired) electrons. The Morgan fingerprint density at radius 1 is 1.22 bits per heavy atom. The number of pyridine rings is 1. The molecule has 1 saturated heterocycles. The van der Waals surface area contributed by atoms with Crippen molar-refractivity contribution in [3.8, 4) is 11.3 Å². The van der Waals surface area contributed by atoms with Gasteiger partial charge in [0.1, 0.15) is 5.82 Å². The predicted molar refractivity (Wildman–Crippen MR) is 90.7 cm³/mol. The summed E-state index contributed by atoms with van der Waals surface area (Å²) in [6, 6.07) is 6.14. The summed E-state index contributed by atoms with van der Waals surface area (Å²) in [5.41, 5.74) is 3.32. The van der Waals surface area contributed by atoms with Crippen LogP contribution >= 0.6 is 11.5 Å². The fourth-order valence-corrected chi connectivity index (χ4v) is 3.74. The Balaban J connectivity index is 1.44. The normalized spacial score (nSPS) is 16.0. The Kier molecular flexibility index (Phi) is 3.78. The number of aromatic amines is 1. The van der Waals surface area contributed by atoms with Crippen molar-refractivity contribution in [1.29, 1.82) is 0 Å². The highest BCUT2D eigenvalue weighted by molar-refractivity contribution is 7.09. The van der Waals surface area contributed by atoms with Gasteiger partial charge < -0.3 is 4.90 Å². The molecule has 0 bridgehead atoms. The summed E-state index contributed by atoms with van der Waals surface area (Å²) in [6.07, 6.45) is 5.81. The Morgan fingerprint density at radius 2 is 2.00 bits per heavy atom. The zero-order valence-corrected chi connectivity index (χ0v) is 13.8. The van der Waals surface area contributed by atoms with Crippen LogP contribution in [-0.4, -0.2) is 37.6 Å². The topological polar surface area (TPSA) is 70.6 Å². The standard InChI is InChI=1S/C16H18N6S/c1-11-18-16(23-21-11)22-8-4-13(5-9-22)15-10-14(19-20-15)12-2-6-17-7-3-12/h2-3,6-7,10,13H,4-5,8-9H2,1H3,(H,19,20). The Labute approximate surface area is 138 Å². The average molecular weight is 326 g/mol. The molecule has 1 N–H and O–H groups in total. The van der Waals surface area contributed by atoms with Crippen LogP contribution in [0.25, 0.3) is 11.3 Å². The second kappa shape index (κ2) is 6.08. The van der Waals surface area contributed by atoms with E-state index in [0.29, 0.717) is 5.92 Å². The number of rotatable bonds is 3. The van der Waals surface area contributed by atoms with Crippen LogP contribution in [0.3, 0.4) is 0 Å². The monoisotopic (exact) mass is 326 g/mol. The highest BCUT2D eigenvalue weighted by atomic mass is 32.1. The van der Waals surface area contributed by atoms with Crippen molar-refractivity contribution in [2.45, 2.75) is 25.7 Å². The van der Waals surface area contributed by atoms with Gasteiger partial charge >= 0.3 is 0 Å². The fourth-order valence-electron chi connectivity index (χ4n) is 3.01. The van der Waals surface area contributed by atoms with E-state index in [0.717, 1.165) is 48.1 Å². The van der Waals surface area contributed by atoms with Crippen molar-refractivity contribution >= 4 is 16.7 Å². The van der Waals surface area contributed by atoms with Crippen molar-refractivity contribution in [1.82, 2.24) is 24.5 Å². The molecule has 6 nitrogen and oxygen atoms in total. The average Bonchev–Trinajstić information content (AvgIpc) is 3.25. The van der Waals surface area contributed by atoms with Gasteiger partial charge in [-0.25, -0.2) is 4.98 Å². The van der Waals surface area contributed by atoms with Crippen LogP contribution in [0, 0.1) is 6.92 Å². The van der Waals surface area contributed by atoms with Crippen LogP contribution < -0.4 is 4.90 Å². The summed E-state index contributed by atoms with van der Waals surface area (Å²) < 4.78 is 4.27. The molecule has 4 rings (SSSR count). The molecule has 1 aliphatic heterocycles. The van der Waals surface area contributed by atoms with Gasteiger partial charge in [0.15, 0.2) is 0 Å². The van der Waals surface area contributed by atoms with Crippen LogP contribution in [0.1, 0.15) is 30.3 Å². The minimum absolute atomic E-state index is 0.531. The third-order valence-corrected chi connectivity index (χ3v) is 5.16. The van der Waals surface area contributed by atoms with E-state index in [2.05, 4.69) is 35.5 Å². The largest absolute Gasteiger partial charge is 0.347 e. The third kappa shape index (κ3) is 2.96. The number of H-pyrrole nitrogens is 1. The van der Waals surface area contributed by atoms with E-state index in [4.69, 9.17) is 0 Å². The van der Waals surface area contributed by atoms with Gasteiger partial charge in [-0.05, 0) is 38.0 Å². The number of piperidine rings is 1. The first-order valence-corrected chi connectivity index (χ1v) is 8.58. The maximum Gasteiger partial charge on any atom is 0.205 e. The lowest BCUT2D eigenvalue weighted by Gasteiger charge is -2.30. The quantitative estimate of drug-likeness (QED) is 0.801. The zero-order chi connectivity index (χ0) is 15.6. The van der Waals surface area contributed by atoms with Gasteiger partial charge in [0.2, 0.25) is 5.13 Å². The molecule has 7 heteroatoms. The molecule has 0 unspecified atom stereocenters. The van der Waals surface area contributed by atoms with E-state index in [-0.39, 0.29) is 0 Å². The molecule has 0 amide bonds. The molecule has 23 heavy (non-hydrogen) atoms. The van der Waals surface area contributed by atoms with Crippen molar-refractivity contribution in [3.63, 3.8) is 0 Å². The van der Waals surface area contributed by atoms with Gasteiger partial charge in [-0.15, -0.1) is 0 Å². The maximum atomic E-state index is 4.48. The number of nitrogens with one attached hydrogen (secondary N) is 1. The van der Waals surface area contributed by atoms with Gasteiger partial charge in [-0.3, -0.25) is 10.1 Å². The minimum atomic E-state index is 0.531. The molecule has 118 valence electrons. The third-order valence-electron chi connectivity index (χ3n) is 4.30. The smallest absolute Gasteiger partial charge is 0.205 e. The first-order valence-electron chi connectivity index (χ1n) is 7.80. The van der Waals surface area contributed by atoms with E-state index < -0.39 is 0 Å². The molecular formula is C16H18N6S. The number of hydrogen-bond donors (Lipinski definition) is 1. The molecular weight excluding hydrogens is 308 g/mol. The van der Waals surface area contributed by atoms with Gasteiger partial charge in [-0.2, -0.15) is 9.47 Å². The highest BCUT2D eigenvalue weighted by Crippen LogP contribution is 2.31. The van der Waals surface area contributed by atoms with E-state index in [1.807, 2.05) is 19.1 Å². The van der Waals surface area contributed by atoms with Crippen LogP contribution in [-0.2, 0) is 0 Å². The first-order chi connectivity index (χ1) is 11.3. The molecule has 0 aromatic carbocycles. The van der Waals surface area contributed by atoms with Gasteiger partial charge in [-0.1, -0.05) is 0 Å². The molecule has 3 aromatic rings. The van der Waals surface area contributed by atoms with Crippen molar-refractivity contribution < 1.29 is 0 Å². The van der Waals surface area contributed by atoms with E-state index >= 15 is 0 Å². The minimum Gasteiger partial charge on any atom is -0.347 e. The fraction of sp³-hybridized carbons (Fsp3) is 0.375. The molecule has 3 aromatic heterocycles. The molecule has 0 aliphatic carbocycles. The van der Waals surface area contributed by atoms with Gasteiger partial charge in [0, 0.05) is 54.2 Å². The second-order valence-corrected chi connectivity index (χ2v) is 6.56. The van der Waals surface area contributed by atoms with E-state index in [1.165, 1.54) is 17.2 Å². The number of anilines is 1. The molecule has 0 spiro atoms. The maximum absolute atomic E-state index is 4.48. The van der Waals surface area contributed by atoms with Gasteiger partial charge in [0.05, 0.1) is 5.69 Å². The van der Waals surface area contributed by atoms with Gasteiger partial charge in [0.25, 0.3) is 0 Å². The SMILES string of the molecule is Cc1nsc(N2CCC(c3cc(-c4ccncc4)n[nH]3)CC2)n1. The number of aryl methyl sites for hydroxylation is 1. The van der Waals surface area contributed by atoms with Crippen LogP contribution in [0.5, 0.6) is 0 Å². The first kappa shape index (κ1) is 14.3. The Bertz CT molecular complexity index is 773. The predicted octanol–water partition coefficient (Wildman–Crippen LogP) is 3.02. The van der Waals surface area contributed by atoms with E-state index in [9.17, 15) is 0 Å². The number of nitrogens with zero attached hydrogens (tertiary/aromatic N) is 5. The Hall–Kier alpha value is -2.28. The molecule has 1 fully saturated rings. The lowest BCUT2D eigenvalue weighted by Crippen LogP contribution is -2.32. The van der Waals surface area contributed by atoms with Crippen molar-refractivity contribution in [2.24, 2.45) is 0 Å². The summed E-state index contributed by atoms with van der Waals surface area (Å²) in [6.45, 7) is 3.98. The summed E-state index contributed by atoms with van der Waals surface area (Å²) in [5, 5.41) is 8.72. The molecule has 0 atom stereocenters. The van der Waals surface area contributed by atoms with Crippen LogP contribution in [0.15, 0.2) is 30.6 Å².